The van der Waals surface area contributed by atoms with E-state index >= 15 is 0 Å². The van der Waals surface area contributed by atoms with Gasteiger partial charge >= 0.3 is 0 Å². The molecule has 2 fully saturated rings. The monoisotopic (exact) mass is 291 g/mol. The SMILES string of the molecule is CN1CCN(CC(=O)N2CCC2c2cccc(F)c2)CC1. The zero-order chi connectivity index (χ0) is 14.8. The fourth-order valence-electron chi connectivity index (χ4n) is 3.03. The summed E-state index contributed by atoms with van der Waals surface area (Å²) in [6, 6.07) is 6.66. The number of piperazine rings is 1. The summed E-state index contributed by atoms with van der Waals surface area (Å²) in [4.78, 5) is 18.8. The van der Waals surface area contributed by atoms with E-state index < -0.39 is 0 Å². The Bertz CT molecular complexity index is 514. The molecule has 3 rings (SSSR count). The van der Waals surface area contributed by atoms with Crippen LogP contribution in [0.3, 0.4) is 0 Å². The van der Waals surface area contributed by atoms with Crippen LogP contribution in [0.5, 0.6) is 0 Å². The predicted octanol–water partition coefficient (Wildman–Crippen LogP) is 1.35. The molecule has 1 atom stereocenters. The highest BCUT2D eigenvalue weighted by Gasteiger charge is 2.34. The standard InChI is InChI=1S/C16H22FN3O/c1-18-7-9-19(10-8-18)12-16(21)20-6-5-15(20)13-3-2-4-14(17)11-13/h2-4,11,15H,5-10,12H2,1H3. The van der Waals surface area contributed by atoms with Crippen molar-refractivity contribution < 1.29 is 9.18 Å². The minimum atomic E-state index is -0.231. The van der Waals surface area contributed by atoms with Gasteiger partial charge in [0, 0.05) is 32.7 Å². The second-order valence-corrected chi connectivity index (χ2v) is 6.03. The van der Waals surface area contributed by atoms with Crippen LogP contribution in [0, 0.1) is 5.82 Å². The molecule has 1 unspecified atom stereocenters. The predicted molar refractivity (Wildman–Crippen MR) is 79.4 cm³/mol. The van der Waals surface area contributed by atoms with Gasteiger partial charge in [-0.3, -0.25) is 9.69 Å². The third kappa shape index (κ3) is 3.24. The lowest BCUT2D eigenvalue weighted by Gasteiger charge is -2.43. The molecule has 0 spiro atoms. The van der Waals surface area contributed by atoms with Crippen LogP contribution in [-0.2, 0) is 4.79 Å². The molecule has 0 bridgehead atoms. The second kappa shape index (κ2) is 6.12. The van der Waals surface area contributed by atoms with Gasteiger partial charge < -0.3 is 9.80 Å². The van der Waals surface area contributed by atoms with Gasteiger partial charge in [0.05, 0.1) is 12.6 Å². The number of likely N-dealkylation sites (N-methyl/N-ethyl adjacent to an activating group) is 1. The smallest absolute Gasteiger partial charge is 0.237 e. The Hall–Kier alpha value is -1.46. The van der Waals surface area contributed by atoms with Crippen molar-refractivity contribution in [2.45, 2.75) is 12.5 Å². The Labute approximate surface area is 125 Å². The van der Waals surface area contributed by atoms with Crippen LogP contribution in [0.15, 0.2) is 24.3 Å². The minimum Gasteiger partial charge on any atom is -0.334 e. The van der Waals surface area contributed by atoms with Crippen LogP contribution in [0.25, 0.3) is 0 Å². The van der Waals surface area contributed by atoms with Crippen LogP contribution >= 0.6 is 0 Å². The molecule has 0 saturated carbocycles. The molecule has 0 radical (unpaired) electrons. The van der Waals surface area contributed by atoms with E-state index in [0.29, 0.717) is 6.54 Å². The van der Waals surface area contributed by atoms with Crippen molar-refractivity contribution in [1.82, 2.24) is 14.7 Å². The number of likely N-dealkylation sites (tertiary alicyclic amines) is 1. The molecule has 1 amide bonds. The number of hydrogen-bond donors (Lipinski definition) is 0. The largest absolute Gasteiger partial charge is 0.334 e. The Morgan fingerprint density at radius 2 is 2.00 bits per heavy atom. The number of nitrogens with zero attached hydrogens (tertiary/aromatic N) is 3. The van der Waals surface area contributed by atoms with Crippen LogP contribution in [0.2, 0.25) is 0 Å². The Morgan fingerprint density at radius 1 is 1.24 bits per heavy atom. The first-order valence-corrected chi connectivity index (χ1v) is 7.59. The molecule has 2 aliphatic heterocycles. The molecule has 5 heteroatoms. The van der Waals surface area contributed by atoms with Crippen LogP contribution in [0.4, 0.5) is 4.39 Å². The lowest BCUT2D eigenvalue weighted by atomic mass is 9.94. The van der Waals surface area contributed by atoms with Crippen LogP contribution in [0.1, 0.15) is 18.0 Å². The third-order valence-electron chi connectivity index (χ3n) is 4.53. The molecule has 4 nitrogen and oxygen atoms in total. The van der Waals surface area contributed by atoms with Gasteiger partial charge in [0.15, 0.2) is 0 Å². The van der Waals surface area contributed by atoms with Gasteiger partial charge in [-0.05, 0) is 31.2 Å². The molecule has 0 aliphatic carbocycles. The summed E-state index contributed by atoms with van der Waals surface area (Å²) in [7, 11) is 2.11. The summed E-state index contributed by atoms with van der Waals surface area (Å²) in [5, 5.41) is 0. The molecular formula is C16H22FN3O. The fraction of sp³-hybridized carbons (Fsp3) is 0.562. The topological polar surface area (TPSA) is 26.8 Å². The molecule has 0 N–H and O–H groups in total. The second-order valence-electron chi connectivity index (χ2n) is 6.03. The molecule has 1 aromatic carbocycles. The third-order valence-corrected chi connectivity index (χ3v) is 4.53. The Morgan fingerprint density at radius 3 is 2.62 bits per heavy atom. The molecular weight excluding hydrogens is 269 g/mol. The molecule has 0 aromatic heterocycles. The van der Waals surface area contributed by atoms with Crippen LogP contribution < -0.4 is 0 Å². The first-order valence-electron chi connectivity index (χ1n) is 7.59. The number of hydrogen-bond acceptors (Lipinski definition) is 3. The van der Waals surface area contributed by atoms with Gasteiger partial charge in [0.1, 0.15) is 5.82 Å². The number of rotatable bonds is 3. The van der Waals surface area contributed by atoms with Gasteiger partial charge in [0.2, 0.25) is 5.91 Å². The molecule has 21 heavy (non-hydrogen) atoms. The summed E-state index contributed by atoms with van der Waals surface area (Å²) in [5.74, 6) is -0.0640. The van der Waals surface area contributed by atoms with E-state index in [0.717, 1.165) is 44.7 Å². The van der Waals surface area contributed by atoms with Gasteiger partial charge in [-0.15, -0.1) is 0 Å². The zero-order valence-corrected chi connectivity index (χ0v) is 12.5. The first kappa shape index (κ1) is 14.5. The fourth-order valence-corrected chi connectivity index (χ4v) is 3.03. The molecule has 2 aliphatic rings. The van der Waals surface area contributed by atoms with Crippen molar-refractivity contribution in [3.63, 3.8) is 0 Å². The zero-order valence-electron chi connectivity index (χ0n) is 12.5. The Balaban J connectivity index is 1.58. The Kier molecular flexibility index (Phi) is 4.22. The lowest BCUT2D eigenvalue weighted by Crippen LogP contribution is -2.52. The van der Waals surface area contributed by atoms with Crippen LogP contribution in [-0.4, -0.2) is 66.9 Å². The quantitative estimate of drug-likeness (QED) is 0.841. The van der Waals surface area contributed by atoms with Gasteiger partial charge in [0.25, 0.3) is 0 Å². The normalized spacial score (nSPS) is 23.9. The van der Waals surface area contributed by atoms with Gasteiger partial charge in [-0.2, -0.15) is 0 Å². The van der Waals surface area contributed by atoms with E-state index in [1.54, 1.807) is 12.1 Å². The summed E-state index contributed by atoms with van der Waals surface area (Å²) >= 11 is 0. The maximum atomic E-state index is 13.3. The lowest BCUT2D eigenvalue weighted by molar-refractivity contribution is -0.140. The van der Waals surface area contributed by atoms with Crippen molar-refractivity contribution in [2.75, 3.05) is 46.3 Å². The summed E-state index contributed by atoms with van der Waals surface area (Å²) in [6.07, 6.45) is 0.929. The van der Waals surface area contributed by atoms with E-state index in [9.17, 15) is 9.18 Å². The van der Waals surface area contributed by atoms with Crippen molar-refractivity contribution in [3.05, 3.63) is 35.6 Å². The molecule has 2 heterocycles. The minimum absolute atomic E-state index is 0.0562. The number of amides is 1. The number of carbonyl (C=O) groups is 1. The number of halogens is 1. The molecule has 114 valence electrons. The highest BCUT2D eigenvalue weighted by Crippen LogP contribution is 2.33. The van der Waals surface area contributed by atoms with Crippen molar-refractivity contribution in [2.24, 2.45) is 0 Å². The summed E-state index contributed by atoms with van der Waals surface area (Å²) in [5.41, 5.74) is 0.910. The maximum Gasteiger partial charge on any atom is 0.237 e. The average molecular weight is 291 g/mol. The van der Waals surface area contributed by atoms with Gasteiger partial charge in [-0.25, -0.2) is 4.39 Å². The van der Waals surface area contributed by atoms with Crippen molar-refractivity contribution >= 4 is 5.91 Å². The average Bonchev–Trinajstić information content (AvgIpc) is 2.40. The van der Waals surface area contributed by atoms with E-state index in [4.69, 9.17) is 0 Å². The highest BCUT2D eigenvalue weighted by atomic mass is 19.1. The summed E-state index contributed by atoms with van der Waals surface area (Å²) in [6.45, 7) is 5.19. The van der Waals surface area contributed by atoms with Crippen molar-refractivity contribution in [3.8, 4) is 0 Å². The summed E-state index contributed by atoms with van der Waals surface area (Å²) < 4.78 is 13.3. The van der Waals surface area contributed by atoms with Gasteiger partial charge in [-0.1, -0.05) is 12.1 Å². The van der Waals surface area contributed by atoms with E-state index in [2.05, 4.69) is 16.8 Å². The van der Waals surface area contributed by atoms with Crippen molar-refractivity contribution in [1.29, 1.82) is 0 Å². The van der Waals surface area contributed by atoms with E-state index in [1.165, 1.54) is 6.07 Å². The molecule has 2 saturated heterocycles. The van der Waals surface area contributed by atoms with E-state index in [-0.39, 0.29) is 17.8 Å². The highest BCUT2D eigenvalue weighted by molar-refractivity contribution is 5.79. The molecule has 1 aromatic rings. The maximum absolute atomic E-state index is 13.3. The first-order chi connectivity index (χ1) is 10.1. The van der Waals surface area contributed by atoms with E-state index in [1.807, 2.05) is 11.0 Å². The number of benzene rings is 1. The number of carbonyl (C=O) groups excluding carboxylic acids is 1.